The molecule has 2 N–H and O–H groups in total. The summed E-state index contributed by atoms with van der Waals surface area (Å²) in [4.78, 5) is 20.1. The van der Waals surface area contributed by atoms with Gasteiger partial charge >= 0.3 is 5.97 Å². The Kier molecular flexibility index (Phi) is 4.81. The van der Waals surface area contributed by atoms with Gasteiger partial charge in [0.25, 0.3) is 0 Å². The highest BCUT2D eigenvalue weighted by Gasteiger charge is 2.18. The molecule has 0 spiro atoms. The number of rotatable bonds is 6. The van der Waals surface area contributed by atoms with Gasteiger partial charge in [-0.1, -0.05) is 60.7 Å². The highest BCUT2D eigenvalue weighted by Crippen LogP contribution is 2.16. The monoisotopic (exact) mass is 319 g/mol. The Labute approximate surface area is 140 Å². The lowest BCUT2D eigenvalue weighted by Gasteiger charge is -2.15. The van der Waals surface area contributed by atoms with Crippen molar-refractivity contribution in [1.82, 2.24) is 9.97 Å². The number of nitrogens with zero attached hydrogens (tertiary/aromatic N) is 2. The fourth-order valence-electron chi connectivity index (χ4n) is 2.39. The number of nitrogens with one attached hydrogen (secondary N) is 1. The first-order valence-corrected chi connectivity index (χ1v) is 7.63. The van der Waals surface area contributed by atoms with Gasteiger partial charge in [0, 0.05) is 12.0 Å². The van der Waals surface area contributed by atoms with Gasteiger partial charge < -0.3 is 10.4 Å². The molecule has 1 aromatic heterocycles. The Morgan fingerprint density at radius 3 is 2.21 bits per heavy atom. The van der Waals surface area contributed by atoms with Crippen LogP contribution < -0.4 is 5.32 Å². The third-order valence-electron chi connectivity index (χ3n) is 3.62. The maximum Gasteiger partial charge on any atom is 0.326 e. The van der Waals surface area contributed by atoms with Gasteiger partial charge in [0.15, 0.2) is 0 Å². The Balaban J connectivity index is 1.72. The average Bonchev–Trinajstić information content (AvgIpc) is 2.63. The number of hydrogen-bond donors (Lipinski definition) is 2. The van der Waals surface area contributed by atoms with E-state index in [1.165, 1.54) is 0 Å². The van der Waals surface area contributed by atoms with Crippen LogP contribution in [0.15, 0.2) is 73.1 Å². The molecule has 0 radical (unpaired) electrons. The number of benzene rings is 2. The van der Waals surface area contributed by atoms with E-state index >= 15 is 0 Å². The minimum absolute atomic E-state index is 0.373. The molecule has 1 atom stereocenters. The van der Waals surface area contributed by atoms with E-state index in [4.69, 9.17) is 0 Å². The second-order valence-electron chi connectivity index (χ2n) is 5.38. The van der Waals surface area contributed by atoms with E-state index in [2.05, 4.69) is 15.3 Å². The van der Waals surface area contributed by atoms with Gasteiger partial charge in [0.05, 0.1) is 18.1 Å². The van der Waals surface area contributed by atoms with Gasteiger partial charge in [-0.2, -0.15) is 0 Å². The number of aromatic nitrogens is 2. The summed E-state index contributed by atoms with van der Waals surface area (Å²) in [5, 5.41) is 12.4. The second kappa shape index (κ2) is 7.37. The van der Waals surface area contributed by atoms with E-state index in [9.17, 15) is 9.90 Å². The van der Waals surface area contributed by atoms with E-state index in [0.29, 0.717) is 12.2 Å². The number of hydrogen-bond acceptors (Lipinski definition) is 4. The van der Waals surface area contributed by atoms with Crippen molar-refractivity contribution in [2.45, 2.75) is 12.5 Å². The molecule has 0 aliphatic rings. The minimum Gasteiger partial charge on any atom is -0.480 e. The van der Waals surface area contributed by atoms with Crippen molar-refractivity contribution >= 4 is 11.8 Å². The van der Waals surface area contributed by atoms with Gasteiger partial charge in [-0.15, -0.1) is 0 Å². The molecule has 5 nitrogen and oxygen atoms in total. The third-order valence-corrected chi connectivity index (χ3v) is 3.62. The van der Waals surface area contributed by atoms with Crippen molar-refractivity contribution in [3.8, 4) is 11.3 Å². The first-order chi connectivity index (χ1) is 11.7. The van der Waals surface area contributed by atoms with Gasteiger partial charge in [-0.25, -0.2) is 9.78 Å². The smallest absolute Gasteiger partial charge is 0.326 e. The summed E-state index contributed by atoms with van der Waals surface area (Å²) in [5.41, 5.74) is 2.66. The summed E-state index contributed by atoms with van der Waals surface area (Å²) in [6, 6.07) is 18.4. The number of anilines is 1. The maximum atomic E-state index is 11.5. The molecule has 2 aromatic carbocycles. The molecule has 5 heteroatoms. The molecule has 0 aliphatic carbocycles. The minimum atomic E-state index is -0.923. The number of carboxylic acids is 1. The molecule has 24 heavy (non-hydrogen) atoms. The molecule has 0 unspecified atom stereocenters. The van der Waals surface area contributed by atoms with Crippen molar-refractivity contribution in [2.24, 2.45) is 0 Å². The van der Waals surface area contributed by atoms with E-state index in [1.807, 2.05) is 60.7 Å². The van der Waals surface area contributed by atoms with Crippen LogP contribution in [0.2, 0.25) is 0 Å². The van der Waals surface area contributed by atoms with Gasteiger partial charge in [0.2, 0.25) is 0 Å². The summed E-state index contributed by atoms with van der Waals surface area (Å²) in [6.07, 6.45) is 3.57. The largest absolute Gasteiger partial charge is 0.480 e. The van der Waals surface area contributed by atoms with Crippen molar-refractivity contribution < 1.29 is 9.90 Å². The molecule has 1 heterocycles. The van der Waals surface area contributed by atoms with Crippen LogP contribution in [0.3, 0.4) is 0 Å². The summed E-state index contributed by atoms with van der Waals surface area (Å²) in [7, 11) is 0. The lowest BCUT2D eigenvalue weighted by molar-refractivity contribution is -0.137. The summed E-state index contributed by atoms with van der Waals surface area (Å²) in [6.45, 7) is 0. The zero-order chi connectivity index (χ0) is 16.8. The topological polar surface area (TPSA) is 75.1 Å². The highest BCUT2D eigenvalue weighted by atomic mass is 16.4. The van der Waals surface area contributed by atoms with E-state index in [-0.39, 0.29) is 0 Å². The maximum absolute atomic E-state index is 11.5. The first-order valence-electron chi connectivity index (χ1n) is 7.63. The fourth-order valence-corrected chi connectivity index (χ4v) is 2.39. The number of aliphatic carboxylic acids is 1. The van der Waals surface area contributed by atoms with Crippen LogP contribution in [0.5, 0.6) is 0 Å². The summed E-state index contributed by atoms with van der Waals surface area (Å²) < 4.78 is 0. The third kappa shape index (κ3) is 3.95. The summed E-state index contributed by atoms with van der Waals surface area (Å²) in [5.74, 6) is -0.481. The lowest BCUT2D eigenvalue weighted by atomic mass is 10.1. The van der Waals surface area contributed by atoms with Crippen LogP contribution in [-0.4, -0.2) is 27.1 Å². The van der Waals surface area contributed by atoms with Gasteiger partial charge in [0.1, 0.15) is 11.9 Å². The molecule has 0 amide bonds. The Bertz CT molecular complexity index is 790. The van der Waals surface area contributed by atoms with Gasteiger partial charge in [-0.05, 0) is 5.56 Å². The van der Waals surface area contributed by atoms with Crippen LogP contribution in [0, 0.1) is 0 Å². The first kappa shape index (κ1) is 15.7. The molecular formula is C19H17N3O2. The van der Waals surface area contributed by atoms with Gasteiger partial charge in [-0.3, -0.25) is 4.98 Å². The Hall–Kier alpha value is -3.21. The van der Waals surface area contributed by atoms with E-state index in [1.54, 1.807) is 12.4 Å². The molecule has 120 valence electrons. The van der Waals surface area contributed by atoms with Crippen LogP contribution >= 0.6 is 0 Å². The molecule has 0 saturated heterocycles. The summed E-state index contributed by atoms with van der Waals surface area (Å²) >= 11 is 0. The zero-order valence-corrected chi connectivity index (χ0v) is 13.0. The molecule has 0 bridgehead atoms. The average molecular weight is 319 g/mol. The molecule has 3 rings (SSSR count). The lowest BCUT2D eigenvalue weighted by Crippen LogP contribution is -2.31. The predicted octanol–water partition coefficient (Wildman–Crippen LogP) is 3.25. The Morgan fingerprint density at radius 2 is 1.62 bits per heavy atom. The SMILES string of the molecule is O=C(O)[C@H](Cc1ccccc1)Nc1cnc(-c2ccccc2)cn1. The number of carbonyl (C=O) groups is 1. The van der Waals surface area contributed by atoms with Crippen LogP contribution in [0.4, 0.5) is 5.82 Å². The second-order valence-corrected chi connectivity index (χ2v) is 5.38. The molecular weight excluding hydrogens is 302 g/mol. The van der Waals surface area contributed by atoms with E-state index in [0.717, 1.165) is 16.8 Å². The zero-order valence-electron chi connectivity index (χ0n) is 13.0. The standard InChI is InChI=1S/C19H17N3O2/c23-19(24)16(11-14-7-3-1-4-8-14)22-18-13-20-17(12-21-18)15-9-5-2-6-10-15/h1-10,12-13,16H,11H2,(H,21,22)(H,23,24)/t16-/m0/s1. The predicted molar refractivity (Wildman–Crippen MR) is 92.7 cm³/mol. The van der Waals surface area contributed by atoms with E-state index < -0.39 is 12.0 Å². The quantitative estimate of drug-likeness (QED) is 0.729. The van der Waals surface area contributed by atoms with Crippen LogP contribution in [0.1, 0.15) is 5.56 Å². The Morgan fingerprint density at radius 1 is 0.958 bits per heavy atom. The fraction of sp³-hybridized carbons (Fsp3) is 0.105. The molecule has 3 aromatic rings. The van der Waals surface area contributed by atoms with Crippen LogP contribution in [-0.2, 0) is 11.2 Å². The molecule has 0 fully saturated rings. The molecule has 0 aliphatic heterocycles. The van der Waals surface area contributed by atoms with Crippen molar-refractivity contribution in [3.05, 3.63) is 78.6 Å². The molecule has 0 saturated carbocycles. The number of carboxylic acid groups (broad SMARTS) is 1. The van der Waals surface area contributed by atoms with Crippen LogP contribution in [0.25, 0.3) is 11.3 Å². The van der Waals surface area contributed by atoms with Crippen molar-refractivity contribution in [1.29, 1.82) is 0 Å². The normalized spacial score (nSPS) is 11.7. The van der Waals surface area contributed by atoms with Crippen molar-refractivity contribution in [2.75, 3.05) is 5.32 Å². The van der Waals surface area contributed by atoms with Crippen molar-refractivity contribution in [3.63, 3.8) is 0 Å². The highest BCUT2D eigenvalue weighted by molar-refractivity contribution is 5.77.